The van der Waals surface area contributed by atoms with Gasteiger partial charge in [0.2, 0.25) is 0 Å². The largest absolute Gasteiger partial charge is 0.508 e. The lowest BCUT2D eigenvalue weighted by atomic mass is 10.2. The number of phenols is 1. The highest BCUT2D eigenvalue weighted by Crippen LogP contribution is 2.18. The molecule has 0 saturated carbocycles. The highest BCUT2D eigenvalue weighted by atomic mass is 16.6. The zero-order valence-electron chi connectivity index (χ0n) is 10.9. The van der Waals surface area contributed by atoms with E-state index in [1.54, 1.807) is 0 Å². The normalized spacial score (nSPS) is 9.27. The lowest BCUT2D eigenvalue weighted by Crippen LogP contribution is -1.93. The van der Waals surface area contributed by atoms with Crippen LogP contribution in [0.2, 0.25) is 0 Å². The summed E-state index contributed by atoms with van der Waals surface area (Å²) in [6, 6.07) is 9.96. The molecule has 9 heteroatoms. The molecule has 2 aromatic rings. The van der Waals surface area contributed by atoms with Gasteiger partial charge in [0.15, 0.2) is 0 Å². The molecule has 0 spiro atoms. The highest BCUT2D eigenvalue weighted by Gasteiger charge is 2.11. The standard InChI is InChI=1S/C7H6O3.C6H4N2O4/c8-6-3-1-5(2-4-6)7(9)10;9-7(10)5-2-1-3-6(4-5)8(11)12/h1-4,8H,(H,9,10);1-4H. The molecular formula is C13H10N2O7. The molecule has 0 amide bonds. The van der Waals surface area contributed by atoms with E-state index in [1.807, 2.05) is 0 Å². The Morgan fingerprint density at radius 3 is 1.73 bits per heavy atom. The molecule has 0 fully saturated rings. The second-order valence-electron chi connectivity index (χ2n) is 3.89. The van der Waals surface area contributed by atoms with Gasteiger partial charge in [-0.05, 0) is 30.3 Å². The van der Waals surface area contributed by atoms with Crippen LogP contribution < -0.4 is 0 Å². The number of aromatic hydroxyl groups is 1. The maximum absolute atomic E-state index is 10.2. The van der Waals surface area contributed by atoms with Crippen LogP contribution in [-0.4, -0.2) is 26.0 Å². The Hall–Kier alpha value is -3.49. The predicted molar refractivity (Wildman–Crippen MR) is 74.8 cm³/mol. The zero-order valence-corrected chi connectivity index (χ0v) is 10.9. The van der Waals surface area contributed by atoms with Crippen LogP contribution in [0.1, 0.15) is 10.4 Å². The van der Waals surface area contributed by atoms with Crippen molar-refractivity contribution in [1.82, 2.24) is 0 Å². The number of aromatic carboxylic acids is 1. The lowest BCUT2D eigenvalue weighted by molar-refractivity contribution is -0.394. The Kier molecular flexibility index (Phi) is 5.52. The fourth-order valence-corrected chi connectivity index (χ4v) is 1.32. The van der Waals surface area contributed by atoms with E-state index in [0.29, 0.717) is 0 Å². The third-order valence-electron chi connectivity index (χ3n) is 2.37. The smallest absolute Gasteiger partial charge is 0.335 e. The summed E-state index contributed by atoms with van der Waals surface area (Å²) >= 11 is 0. The summed E-state index contributed by atoms with van der Waals surface area (Å²) in [6.07, 6.45) is 0. The van der Waals surface area contributed by atoms with Crippen LogP contribution in [0, 0.1) is 20.2 Å². The first kappa shape index (κ1) is 16.6. The van der Waals surface area contributed by atoms with E-state index in [2.05, 4.69) is 0 Å². The third-order valence-corrected chi connectivity index (χ3v) is 2.37. The van der Waals surface area contributed by atoms with Crippen molar-refractivity contribution in [2.45, 2.75) is 0 Å². The van der Waals surface area contributed by atoms with E-state index in [1.165, 1.54) is 42.5 Å². The van der Waals surface area contributed by atoms with Gasteiger partial charge < -0.3 is 10.2 Å². The Labute approximate surface area is 123 Å². The molecule has 0 aliphatic rings. The van der Waals surface area contributed by atoms with Crippen molar-refractivity contribution in [2.24, 2.45) is 0 Å². The van der Waals surface area contributed by atoms with Gasteiger partial charge in [-0.2, -0.15) is 0 Å². The van der Waals surface area contributed by atoms with E-state index in [0.717, 1.165) is 6.07 Å². The first-order valence-electron chi connectivity index (χ1n) is 5.72. The maximum atomic E-state index is 10.2. The zero-order chi connectivity index (χ0) is 16.7. The van der Waals surface area contributed by atoms with E-state index in [4.69, 9.17) is 10.2 Å². The number of carboxylic acids is 1. The van der Waals surface area contributed by atoms with Crippen molar-refractivity contribution in [2.75, 3.05) is 0 Å². The molecule has 0 saturated heterocycles. The second kappa shape index (κ2) is 7.33. The van der Waals surface area contributed by atoms with Crippen LogP contribution in [0.5, 0.6) is 5.75 Å². The van der Waals surface area contributed by atoms with Gasteiger partial charge in [0.05, 0.1) is 21.5 Å². The number of nitro benzene ring substituents is 2. The minimum absolute atomic E-state index is 0.0741. The van der Waals surface area contributed by atoms with E-state index in [-0.39, 0.29) is 22.7 Å². The van der Waals surface area contributed by atoms with Gasteiger partial charge in [-0.3, -0.25) is 20.2 Å². The molecule has 22 heavy (non-hydrogen) atoms. The molecule has 0 bridgehead atoms. The summed E-state index contributed by atoms with van der Waals surface area (Å²) in [4.78, 5) is 29.2. The average Bonchev–Trinajstić information content (AvgIpc) is 2.48. The molecule has 0 radical (unpaired) electrons. The van der Waals surface area contributed by atoms with Gasteiger partial charge in [-0.1, -0.05) is 0 Å². The number of hydrogen-bond donors (Lipinski definition) is 2. The molecule has 0 aromatic heterocycles. The summed E-state index contributed by atoms with van der Waals surface area (Å²) in [6.45, 7) is 0. The number of benzene rings is 2. The van der Waals surface area contributed by atoms with E-state index < -0.39 is 15.8 Å². The maximum Gasteiger partial charge on any atom is 0.335 e. The number of carboxylic acid groups (broad SMARTS) is 1. The first-order valence-corrected chi connectivity index (χ1v) is 5.72. The van der Waals surface area contributed by atoms with Gasteiger partial charge in [0.25, 0.3) is 11.4 Å². The first-order chi connectivity index (χ1) is 10.3. The Morgan fingerprint density at radius 1 is 0.909 bits per heavy atom. The molecule has 0 heterocycles. The summed E-state index contributed by atoms with van der Waals surface area (Å²) in [5.74, 6) is -0.912. The van der Waals surface area contributed by atoms with Gasteiger partial charge >= 0.3 is 5.97 Å². The molecule has 0 aliphatic carbocycles. The molecule has 2 aromatic carbocycles. The van der Waals surface area contributed by atoms with Crippen LogP contribution in [0.4, 0.5) is 11.4 Å². The molecule has 0 aliphatic heterocycles. The fourth-order valence-electron chi connectivity index (χ4n) is 1.32. The minimum Gasteiger partial charge on any atom is -0.508 e. The number of nitro groups is 2. The van der Waals surface area contributed by atoms with Gasteiger partial charge in [0, 0.05) is 12.1 Å². The number of rotatable bonds is 3. The van der Waals surface area contributed by atoms with Crippen LogP contribution in [0.15, 0.2) is 48.5 Å². The molecule has 0 atom stereocenters. The molecular weight excluding hydrogens is 296 g/mol. The third kappa shape index (κ3) is 4.89. The van der Waals surface area contributed by atoms with E-state index in [9.17, 15) is 25.0 Å². The quantitative estimate of drug-likeness (QED) is 0.654. The molecule has 0 unspecified atom stereocenters. The second-order valence-corrected chi connectivity index (χ2v) is 3.89. The SMILES string of the molecule is O=C(O)c1ccc(O)cc1.O=[N+]([O-])c1cccc([N+](=O)[O-])c1. The Bertz CT molecular complexity index is 669. The Morgan fingerprint density at radius 2 is 1.36 bits per heavy atom. The van der Waals surface area contributed by atoms with Crippen molar-refractivity contribution in [3.8, 4) is 5.75 Å². The number of phenolic OH excluding ortho intramolecular Hbond substituents is 1. The molecule has 9 nitrogen and oxygen atoms in total. The summed E-state index contributed by atoms with van der Waals surface area (Å²) < 4.78 is 0. The fraction of sp³-hybridized carbons (Fsp3) is 0. The van der Waals surface area contributed by atoms with Gasteiger partial charge in [-0.25, -0.2) is 4.79 Å². The number of non-ortho nitro benzene ring substituents is 2. The summed E-state index contributed by atoms with van der Waals surface area (Å²) in [5, 5.41) is 37.5. The lowest BCUT2D eigenvalue weighted by Gasteiger charge is -1.92. The summed E-state index contributed by atoms with van der Waals surface area (Å²) in [7, 11) is 0. The Balaban J connectivity index is 0.000000224. The van der Waals surface area contributed by atoms with Crippen LogP contribution in [0.25, 0.3) is 0 Å². The van der Waals surface area contributed by atoms with Crippen LogP contribution in [-0.2, 0) is 0 Å². The van der Waals surface area contributed by atoms with Crippen molar-refractivity contribution in [1.29, 1.82) is 0 Å². The number of hydrogen-bond acceptors (Lipinski definition) is 6. The van der Waals surface area contributed by atoms with Crippen molar-refractivity contribution in [3.63, 3.8) is 0 Å². The highest BCUT2D eigenvalue weighted by molar-refractivity contribution is 5.87. The minimum atomic E-state index is -0.986. The van der Waals surface area contributed by atoms with Crippen LogP contribution >= 0.6 is 0 Å². The molecule has 2 rings (SSSR count). The summed E-state index contributed by atoms with van der Waals surface area (Å²) in [5.41, 5.74) is -0.369. The van der Waals surface area contributed by atoms with Crippen molar-refractivity contribution >= 4 is 17.3 Å². The molecule has 114 valence electrons. The predicted octanol–water partition coefficient (Wildman–Crippen LogP) is 2.59. The van der Waals surface area contributed by atoms with Gasteiger partial charge in [-0.15, -0.1) is 0 Å². The number of nitrogens with zero attached hydrogens (tertiary/aromatic N) is 2. The van der Waals surface area contributed by atoms with Crippen molar-refractivity contribution in [3.05, 3.63) is 74.3 Å². The number of carbonyl (C=O) groups is 1. The van der Waals surface area contributed by atoms with Gasteiger partial charge in [0.1, 0.15) is 5.75 Å². The molecule has 2 N–H and O–H groups in total. The average molecular weight is 306 g/mol. The van der Waals surface area contributed by atoms with E-state index >= 15 is 0 Å². The van der Waals surface area contributed by atoms with Crippen LogP contribution in [0.3, 0.4) is 0 Å². The topological polar surface area (TPSA) is 144 Å². The monoisotopic (exact) mass is 306 g/mol. The van der Waals surface area contributed by atoms with Crippen molar-refractivity contribution < 1.29 is 24.9 Å².